The average Bonchev–Trinajstić information content (AvgIpc) is 2.40. The smallest absolute Gasteiger partial charge is 0.141 e. The fourth-order valence-electron chi connectivity index (χ4n) is 1.95. The lowest BCUT2D eigenvalue weighted by Crippen LogP contribution is -2.06. The minimum Gasteiger partial charge on any atom is -0.495 e. The molecule has 0 saturated heterocycles. The first-order chi connectivity index (χ1) is 8.79. The molecular weight excluding hydrogens is 222 g/mol. The molecule has 0 saturated carbocycles. The number of benzene rings is 2. The number of anilines is 1. The van der Waals surface area contributed by atoms with Crippen molar-refractivity contribution in [2.75, 3.05) is 19.0 Å². The highest BCUT2D eigenvalue weighted by atomic mass is 16.5. The molecule has 0 aliphatic carbocycles. The van der Waals surface area contributed by atoms with Crippen LogP contribution in [-0.2, 0) is 6.42 Å². The molecule has 0 atom stereocenters. The number of aryl methyl sites for hydroxylation is 1. The summed E-state index contributed by atoms with van der Waals surface area (Å²) < 4.78 is 5.34. The molecule has 2 heteroatoms. The second kappa shape index (κ2) is 6.10. The average molecular weight is 241 g/mol. The predicted octanol–water partition coefficient (Wildman–Crippen LogP) is 3.66. The highest BCUT2D eigenvalue weighted by Gasteiger charge is 2.02. The van der Waals surface area contributed by atoms with E-state index in [1.54, 1.807) is 7.11 Å². The molecule has 1 N–H and O–H groups in total. The number of hydrogen-bond acceptors (Lipinski definition) is 2. The Morgan fingerprint density at radius 3 is 2.56 bits per heavy atom. The van der Waals surface area contributed by atoms with E-state index in [2.05, 4.69) is 48.6 Å². The van der Waals surface area contributed by atoms with Gasteiger partial charge in [0.05, 0.1) is 12.8 Å². The maximum atomic E-state index is 5.34. The van der Waals surface area contributed by atoms with Gasteiger partial charge in [0.1, 0.15) is 5.75 Å². The van der Waals surface area contributed by atoms with Gasteiger partial charge in [-0.3, -0.25) is 0 Å². The van der Waals surface area contributed by atoms with Gasteiger partial charge in [-0.2, -0.15) is 0 Å². The molecule has 0 aliphatic heterocycles. The van der Waals surface area contributed by atoms with Gasteiger partial charge in [0.15, 0.2) is 0 Å². The van der Waals surface area contributed by atoms with Gasteiger partial charge in [-0.1, -0.05) is 36.4 Å². The lowest BCUT2D eigenvalue weighted by molar-refractivity contribution is 0.416. The molecule has 18 heavy (non-hydrogen) atoms. The van der Waals surface area contributed by atoms with E-state index in [9.17, 15) is 0 Å². The number of rotatable bonds is 5. The molecule has 0 spiro atoms. The van der Waals surface area contributed by atoms with E-state index in [0.29, 0.717) is 0 Å². The Balaban J connectivity index is 1.96. The minimum absolute atomic E-state index is 0.897. The molecular formula is C16H19NO. The van der Waals surface area contributed by atoms with Crippen LogP contribution in [0.3, 0.4) is 0 Å². The van der Waals surface area contributed by atoms with Crippen LogP contribution in [-0.4, -0.2) is 13.7 Å². The highest BCUT2D eigenvalue weighted by molar-refractivity contribution is 5.58. The highest BCUT2D eigenvalue weighted by Crippen LogP contribution is 2.24. The molecule has 2 nitrogen and oxygen atoms in total. The summed E-state index contributed by atoms with van der Waals surface area (Å²) in [6, 6.07) is 16.7. The Morgan fingerprint density at radius 2 is 1.83 bits per heavy atom. The van der Waals surface area contributed by atoms with Crippen molar-refractivity contribution in [1.82, 2.24) is 0 Å². The summed E-state index contributed by atoms with van der Waals surface area (Å²) in [5.41, 5.74) is 3.64. The summed E-state index contributed by atoms with van der Waals surface area (Å²) in [6.45, 7) is 2.99. The SMILES string of the molecule is COc1ccc(C)cc1NCCc1ccccc1. The van der Waals surface area contributed by atoms with Gasteiger partial charge in [-0.05, 0) is 36.6 Å². The van der Waals surface area contributed by atoms with Crippen LogP contribution in [0.5, 0.6) is 5.75 Å². The zero-order valence-corrected chi connectivity index (χ0v) is 10.9. The van der Waals surface area contributed by atoms with Crippen LogP contribution in [0, 0.1) is 6.92 Å². The molecule has 0 unspecified atom stereocenters. The Bertz CT molecular complexity index is 494. The van der Waals surface area contributed by atoms with Crippen molar-refractivity contribution < 1.29 is 4.74 Å². The van der Waals surface area contributed by atoms with Gasteiger partial charge in [-0.15, -0.1) is 0 Å². The minimum atomic E-state index is 0.897. The fraction of sp³-hybridized carbons (Fsp3) is 0.250. The first-order valence-corrected chi connectivity index (χ1v) is 6.22. The Morgan fingerprint density at radius 1 is 1.06 bits per heavy atom. The van der Waals surface area contributed by atoms with Gasteiger partial charge in [0.25, 0.3) is 0 Å². The van der Waals surface area contributed by atoms with E-state index in [1.165, 1.54) is 11.1 Å². The van der Waals surface area contributed by atoms with Crippen LogP contribution in [0.2, 0.25) is 0 Å². The van der Waals surface area contributed by atoms with Crippen LogP contribution in [0.1, 0.15) is 11.1 Å². The Labute approximate surface area is 109 Å². The number of ether oxygens (including phenoxy) is 1. The van der Waals surface area contributed by atoms with E-state index in [4.69, 9.17) is 4.74 Å². The molecule has 0 aliphatic rings. The first-order valence-electron chi connectivity index (χ1n) is 6.22. The van der Waals surface area contributed by atoms with Crippen LogP contribution in [0.25, 0.3) is 0 Å². The van der Waals surface area contributed by atoms with Crippen molar-refractivity contribution in [1.29, 1.82) is 0 Å². The normalized spacial score (nSPS) is 10.1. The molecule has 2 rings (SSSR count). The van der Waals surface area contributed by atoms with Crippen LogP contribution in [0.15, 0.2) is 48.5 Å². The summed E-state index contributed by atoms with van der Waals surface area (Å²) in [6.07, 6.45) is 1.01. The zero-order valence-electron chi connectivity index (χ0n) is 10.9. The molecule has 0 bridgehead atoms. The lowest BCUT2D eigenvalue weighted by atomic mass is 10.1. The largest absolute Gasteiger partial charge is 0.495 e. The Kier molecular flexibility index (Phi) is 4.24. The molecule has 0 radical (unpaired) electrons. The molecule has 2 aromatic rings. The van der Waals surface area contributed by atoms with E-state index >= 15 is 0 Å². The molecule has 0 amide bonds. The lowest BCUT2D eigenvalue weighted by Gasteiger charge is -2.12. The van der Waals surface area contributed by atoms with E-state index in [0.717, 1.165) is 24.4 Å². The summed E-state index contributed by atoms with van der Waals surface area (Å²) >= 11 is 0. The van der Waals surface area contributed by atoms with Gasteiger partial charge in [-0.25, -0.2) is 0 Å². The third-order valence-corrected chi connectivity index (χ3v) is 2.93. The van der Waals surface area contributed by atoms with Crippen LogP contribution >= 0.6 is 0 Å². The summed E-state index contributed by atoms with van der Waals surface area (Å²) in [5, 5.41) is 3.43. The third-order valence-electron chi connectivity index (χ3n) is 2.93. The zero-order chi connectivity index (χ0) is 12.8. The molecule has 0 heterocycles. The number of methoxy groups -OCH3 is 1. The standard InChI is InChI=1S/C16H19NO/c1-13-8-9-16(18-2)15(12-13)17-11-10-14-6-4-3-5-7-14/h3-9,12,17H,10-11H2,1-2H3. The van der Waals surface area contributed by atoms with Crippen molar-refractivity contribution >= 4 is 5.69 Å². The maximum absolute atomic E-state index is 5.34. The maximum Gasteiger partial charge on any atom is 0.141 e. The van der Waals surface area contributed by atoms with Crippen molar-refractivity contribution in [2.24, 2.45) is 0 Å². The van der Waals surface area contributed by atoms with Gasteiger partial charge < -0.3 is 10.1 Å². The third kappa shape index (κ3) is 3.27. The summed E-state index contributed by atoms with van der Waals surface area (Å²) in [5.74, 6) is 0.897. The van der Waals surface area contributed by atoms with E-state index in [-0.39, 0.29) is 0 Å². The quantitative estimate of drug-likeness (QED) is 0.862. The van der Waals surface area contributed by atoms with E-state index in [1.807, 2.05) is 12.1 Å². The molecule has 94 valence electrons. The molecule has 2 aromatic carbocycles. The summed E-state index contributed by atoms with van der Waals surface area (Å²) in [4.78, 5) is 0. The van der Waals surface area contributed by atoms with Gasteiger partial charge >= 0.3 is 0 Å². The van der Waals surface area contributed by atoms with Crippen molar-refractivity contribution in [2.45, 2.75) is 13.3 Å². The van der Waals surface area contributed by atoms with Crippen molar-refractivity contribution in [3.8, 4) is 5.75 Å². The first kappa shape index (κ1) is 12.5. The monoisotopic (exact) mass is 241 g/mol. The number of nitrogens with one attached hydrogen (secondary N) is 1. The van der Waals surface area contributed by atoms with Crippen LogP contribution in [0.4, 0.5) is 5.69 Å². The van der Waals surface area contributed by atoms with Crippen molar-refractivity contribution in [3.05, 3.63) is 59.7 Å². The topological polar surface area (TPSA) is 21.3 Å². The second-order valence-corrected chi connectivity index (χ2v) is 4.37. The van der Waals surface area contributed by atoms with Crippen molar-refractivity contribution in [3.63, 3.8) is 0 Å². The Hall–Kier alpha value is -1.96. The summed E-state index contributed by atoms with van der Waals surface area (Å²) in [7, 11) is 1.70. The molecule has 0 fully saturated rings. The van der Waals surface area contributed by atoms with E-state index < -0.39 is 0 Å². The predicted molar refractivity (Wildman–Crippen MR) is 76.4 cm³/mol. The fourth-order valence-corrected chi connectivity index (χ4v) is 1.95. The second-order valence-electron chi connectivity index (χ2n) is 4.37. The van der Waals surface area contributed by atoms with Gasteiger partial charge in [0.2, 0.25) is 0 Å². The van der Waals surface area contributed by atoms with Gasteiger partial charge in [0, 0.05) is 6.54 Å². The van der Waals surface area contributed by atoms with Crippen LogP contribution < -0.4 is 10.1 Å². The number of hydrogen-bond donors (Lipinski definition) is 1. The molecule has 0 aromatic heterocycles.